The highest BCUT2D eigenvalue weighted by Crippen LogP contribution is 2.37. The number of Topliss-reactive ketones (excluding diaryl/α,β-unsaturated/α-hetero) is 1. The van der Waals surface area contributed by atoms with Crippen molar-refractivity contribution in [2.45, 2.75) is 0 Å². The normalized spacial score (nSPS) is 14.4. The smallest absolute Gasteiger partial charge is 0.343 e. The van der Waals surface area contributed by atoms with Crippen LogP contribution in [0.3, 0.4) is 0 Å². The number of benzene rings is 3. The summed E-state index contributed by atoms with van der Waals surface area (Å²) in [5.41, 5.74) is 0.960. The second-order valence-electron chi connectivity index (χ2n) is 6.96. The van der Waals surface area contributed by atoms with Gasteiger partial charge in [0.1, 0.15) is 11.5 Å². The first-order valence-electron chi connectivity index (χ1n) is 9.76. The number of ether oxygens (including phenoxy) is 4. The Kier molecular flexibility index (Phi) is 6.09. The minimum Gasteiger partial charge on any atom is -0.595 e. The number of carbonyl (C=O) groups is 2. The molecule has 9 nitrogen and oxygen atoms in total. The van der Waals surface area contributed by atoms with E-state index in [9.17, 15) is 14.8 Å². The highest BCUT2D eigenvalue weighted by Gasteiger charge is 2.28. The number of quaternary nitrogens is 1. The molecule has 33 heavy (non-hydrogen) atoms. The van der Waals surface area contributed by atoms with Crippen LogP contribution < -0.4 is 24.2 Å². The number of ketones is 1. The summed E-state index contributed by atoms with van der Waals surface area (Å²) in [6.45, 7) is 0. The fourth-order valence-electron chi connectivity index (χ4n) is 3.34. The zero-order valence-electron chi connectivity index (χ0n) is 17.7. The van der Waals surface area contributed by atoms with Crippen LogP contribution >= 0.6 is 0 Å². The summed E-state index contributed by atoms with van der Waals surface area (Å²) in [6, 6.07) is 15.1. The average Bonchev–Trinajstić information content (AvgIpc) is 3.13. The lowest BCUT2D eigenvalue weighted by molar-refractivity contribution is -0.991. The van der Waals surface area contributed by atoms with E-state index in [1.807, 2.05) is 0 Å². The van der Waals surface area contributed by atoms with Crippen LogP contribution in [0.5, 0.6) is 23.0 Å². The van der Waals surface area contributed by atoms with Gasteiger partial charge in [-0.15, -0.1) is 0 Å². The molecule has 1 unspecified atom stereocenters. The lowest BCUT2D eigenvalue weighted by Crippen LogP contribution is -2.99. The Morgan fingerprint density at radius 3 is 2.58 bits per heavy atom. The van der Waals surface area contributed by atoms with E-state index in [0.717, 1.165) is 0 Å². The minimum atomic E-state index is -1.15. The molecule has 1 aliphatic heterocycles. The molecule has 0 saturated carbocycles. The molecular weight excluding hydrogens is 430 g/mol. The number of para-hydroxylation sites is 1. The number of allylic oxidation sites excluding steroid dienone is 1. The van der Waals surface area contributed by atoms with Crippen molar-refractivity contribution in [1.82, 2.24) is 0 Å². The van der Waals surface area contributed by atoms with Gasteiger partial charge in [-0.05, 0) is 30.3 Å². The Hall–Kier alpha value is -4.18. The molecule has 1 heterocycles. The number of nitrogens with one attached hydrogen (secondary N) is 1. The number of methoxy groups -OCH3 is 2. The van der Waals surface area contributed by atoms with Crippen molar-refractivity contribution in [3.8, 4) is 23.0 Å². The van der Waals surface area contributed by atoms with Crippen molar-refractivity contribution in [3.05, 3.63) is 88.3 Å². The molecule has 9 heteroatoms. The van der Waals surface area contributed by atoms with E-state index in [1.54, 1.807) is 24.3 Å². The van der Waals surface area contributed by atoms with Crippen LogP contribution in [0.1, 0.15) is 26.3 Å². The predicted octanol–water partition coefficient (Wildman–Crippen LogP) is 2.94. The van der Waals surface area contributed by atoms with E-state index < -0.39 is 11.2 Å². The van der Waals surface area contributed by atoms with E-state index in [-0.39, 0.29) is 34.3 Å². The standard InChI is InChI=1S/C24H19NO8/c1-30-19-8-4-5-14(23(19)31-2)12-21-22(26)18-10-9-17(13-20(18)33-21)32-24(27)15-6-3-7-16(11-15)25(28)29/h3-13,25,28H,1-2H3. The van der Waals surface area contributed by atoms with Crippen molar-refractivity contribution in [2.75, 3.05) is 14.2 Å². The molecule has 3 aromatic rings. The molecule has 1 aliphatic rings. The third-order valence-corrected chi connectivity index (χ3v) is 4.92. The molecule has 0 aromatic heterocycles. The number of hydrogen-bond donors (Lipinski definition) is 2. The zero-order chi connectivity index (χ0) is 23.5. The topological polar surface area (TPSA) is 119 Å². The van der Waals surface area contributed by atoms with Gasteiger partial charge in [-0.2, -0.15) is 5.23 Å². The van der Waals surface area contributed by atoms with Gasteiger partial charge in [-0.25, -0.2) is 10.0 Å². The van der Waals surface area contributed by atoms with Crippen LogP contribution in [0.15, 0.2) is 66.4 Å². The lowest BCUT2D eigenvalue weighted by Gasteiger charge is -2.12. The molecule has 0 spiro atoms. The third-order valence-electron chi connectivity index (χ3n) is 4.92. The first kappa shape index (κ1) is 22.0. The fourth-order valence-corrected chi connectivity index (χ4v) is 3.34. The van der Waals surface area contributed by atoms with Gasteiger partial charge in [0, 0.05) is 23.8 Å². The van der Waals surface area contributed by atoms with Gasteiger partial charge >= 0.3 is 5.97 Å². The Labute approximate surface area is 188 Å². The van der Waals surface area contributed by atoms with Crippen molar-refractivity contribution in [2.24, 2.45) is 0 Å². The number of rotatable bonds is 6. The summed E-state index contributed by atoms with van der Waals surface area (Å²) < 4.78 is 21.7. The number of esters is 1. The van der Waals surface area contributed by atoms with Gasteiger partial charge in [0.15, 0.2) is 22.9 Å². The maximum Gasteiger partial charge on any atom is 0.343 e. The Balaban J connectivity index is 1.57. The molecule has 1 atom stereocenters. The number of hydrogen-bond acceptors (Lipinski definition) is 8. The summed E-state index contributed by atoms with van der Waals surface area (Å²) in [5.74, 6) is 0.356. The second-order valence-corrected chi connectivity index (χ2v) is 6.96. The molecule has 0 radical (unpaired) electrons. The van der Waals surface area contributed by atoms with Crippen molar-refractivity contribution in [3.63, 3.8) is 0 Å². The minimum absolute atomic E-state index is 0.0323. The monoisotopic (exact) mass is 449 g/mol. The van der Waals surface area contributed by atoms with Gasteiger partial charge in [0.2, 0.25) is 5.78 Å². The molecule has 0 bridgehead atoms. The van der Waals surface area contributed by atoms with Crippen molar-refractivity contribution >= 4 is 23.5 Å². The molecule has 0 aliphatic carbocycles. The fraction of sp³-hybridized carbons (Fsp3) is 0.0833. The van der Waals surface area contributed by atoms with Gasteiger partial charge < -0.3 is 24.2 Å². The SMILES string of the molecule is COc1cccc(C=C2Oc3cc(OC(=O)c4cccc([NH+]([O-])O)c4)ccc3C2=O)c1OC. The van der Waals surface area contributed by atoms with Gasteiger partial charge in [0.25, 0.3) is 0 Å². The summed E-state index contributed by atoms with van der Waals surface area (Å²) in [4.78, 5) is 25.2. The summed E-state index contributed by atoms with van der Waals surface area (Å²) in [5, 5.41) is 19.0. The lowest BCUT2D eigenvalue weighted by atomic mass is 10.1. The van der Waals surface area contributed by atoms with Crippen molar-refractivity contribution < 1.29 is 39.0 Å². The summed E-state index contributed by atoms with van der Waals surface area (Å²) in [7, 11) is 3.02. The highest BCUT2D eigenvalue weighted by atomic mass is 16.8. The highest BCUT2D eigenvalue weighted by molar-refractivity contribution is 6.14. The second kappa shape index (κ2) is 9.13. The predicted molar refractivity (Wildman–Crippen MR) is 116 cm³/mol. The Morgan fingerprint density at radius 2 is 1.85 bits per heavy atom. The van der Waals surface area contributed by atoms with Crippen LogP contribution in [0.2, 0.25) is 0 Å². The molecule has 3 aromatic carbocycles. The molecular formula is C24H19NO8. The molecule has 168 valence electrons. The van der Waals surface area contributed by atoms with E-state index in [0.29, 0.717) is 22.6 Å². The van der Waals surface area contributed by atoms with Crippen LogP contribution in [-0.2, 0) is 0 Å². The Bertz CT molecular complexity index is 1270. The van der Waals surface area contributed by atoms with Crippen molar-refractivity contribution in [1.29, 1.82) is 0 Å². The molecule has 4 rings (SSSR count). The third kappa shape index (κ3) is 4.41. The number of fused-ring (bicyclic) bond motifs is 1. The molecule has 0 fully saturated rings. The van der Waals surface area contributed by atoms with Crippen LogP contribution in [0.25, 0.3) is 6.08 Å². The summed E-state index contributed by atoms with van der Waals surface area (Å²) >= 11 is 0. The van der Waals surface area contributed by atoms with E-state index in [4.69, 9.17) is 24.2 Å². The molecule has 0 saturated heterocycles. The molecule has 2 N–H and O–H groups in total. The van der Waals surface area contributed by atoms with Gasteiger partial charge in [-0.1, -0.05) is 18.2 Å². The summed E-state index contributed by atoms with van der Waals surface area (Å²) in [6.07, 6.45) is 1.55. The maximum atomic E-state index is 12.8. The Morgan fingerprint density at radius 1 is 1.06 bits per heavy atom. The van der Waals surface area contributed by atoms with E-state index >= 15 is 0 Å². The van der Waals surface area contributed by atoms with Crippen LogP contribution in [-0.4, -0.2) is 31.2 Å². The largest absolute Gasteiger partial charge is 0.595 e. The quantitative estimate of drug-likeness (QED) is 0.255. The first-order valence-corrected chi connectivity index (χ1v) is 9.76. The first-order chi connectivity index (χ1) is 15.9. The molecule has 0 amide bonds. The van der Waals surface area contributed by atoms with Gasteiger partial charge in [0.05, 0.1) is 25.3 Å². The maximum absolute atomic E-state index is 12.8. The van der Waals surface area contributed by atoms with Gasteiger partial charge in [-0.3, -0.25) is 4.79 Å². The zero-order valence-corrected chi connectivity index (χ0v) is 17.7. The van der Waals surface area contributed by atoms with E-state index in [2.05, 4.69) is 0 Å². The van der Waals surface area contributed by atoms with Crippen LogP contribution in [0, 0.1) is 5.21 Å². The average molecular weight is 449 g/mol. The van der Waals surface area contributed by atoms with Crippen LogP contribution in [0.4, 0.5) is 5.69 Å². The van der Waals surface area contributed by atoms with E-state index in [1.165, 1.54) is 56.7 Å². The number of carbonyl (C=O) groups excluding carboxylic acids is 2.